The van der Waals surface area contributed by atoms with Gasteiger partial charge in [0.05, 0.1) is 6.34 Å². The van der Waals surface area contributed by atoms with Crippen LogP contribution in [0.4, 0.5) is 0 Å². The maximum absolute atomic E-state index is 12.7. The monoisotopic (exact) mass is 253 g/mol. The molecule has 0 aliphatic rings. The lowest BCUT2D eigenvalue weighted by atomic mass is 11.2. The summed E-state index contributed by atoms with van der Waals surface area (Å²) in [6.07, 6.45) is 7.00. The van der Waals surface area contributed by atoms with Crippen LogP contribution in [-0.2, 0) is 4.57 Å². The Morgan fingerprint density at radius 3 is 2.24 bits per heavy atom. The summed E-state index contributed by atoms with van der Waals surface area (Å²) in [7, 11) is -3.37. The molecule has 0 aliphatic carbocycles. The summed E-state index contributed by atoms with van der Waals surface area (Å²) in [5.74, 6) is 0. The third kappa shape index (κ3) is 2.11. The minimum absolute atomic E-state index is 0.806. The molecule has 0 amide bonds. The zero-order chi connectivity index (χ0) is 12.1. The van der Waals surface area contributed by atoms with E-state index in [0.29, 0.717) is 0 Å². The van der Waals surface area contributed by atoms with Gasteiger partial charge in [-0.1, -0.05) is 0 Å². The van der Waals surface area contributed by atoms with Crippen molar-refractivity contribution in [2.45, 2.75) is 0 Å². The van der Waals surface area contributed by atoms with E-state index in [1.807, 2.05) is 0 Å². The lowest BCUT2D eigenvalue weighted by molar-refractivity contribution is 0.545. The summed E-state index contributed by atoms with van der Waals surface area (Å²) < 4.78 is 14.9. The van der Waals surface area contributed by atoms with E-state index < -0.39 is 7.59 Å². The van der Waals surface area contributed by atoms with Gasteiger partial charge in [-0.3, -0.25) is 10.5 Å². The van der Waals surface area contributed by atoms with Gasteiger partial charge in [-0.2, -0.15) is 19.1 Å². The molecule has 17 heavy (non-hydrogen) atoms. The lowest BCUT2D eigenvalue weighted by Crippen LogP contribution is -2.21. The molecule has 0 atom stereocenters. The smallest absolute Gasteiger partial charge is 0.291 e. The van der Waals surface area contributed by atoms with Crippen molar-refractivity contribution in [2.24, 2.45) is 4.99 Å². The van der Waals surface area contributed by atoms with Gasteiger partial charge in [-0.05, 0) is 0 Å². The van der Waals surface area contributed by atoms with E-state index in [1.165, 1.54) is 25.3 Å². The summed E-state index contributed by atoms with van der Waals surface area (Å²) in [6.45, 7) is 0. The fourth-order valence-corrected chi connectivity index (χ4v) is 2.46. The number of hydrogen-bond acceptors (Lipinski definition) is 6. The van der Waals surface area contributed by atoms with Crippen molar-refractivity contribution in [3.63, 3.8) is 0 Å². The predicted molar refractivity (Wildman–Crippen MR) is 58.9 cm³/mol. The average molecular weight is 253 g/mol. The first-order chi connectivity index (χ1) is 8.27. The molecule has 2 rings (SSSR count). The van der Waals surface area contributed by atoms with Crippen molar-refractivity contribution in [2.75, 3.05) is 0 Å². The highest BCUT2D eigenvalue weighted by Crippen LogP contribution is 2.40. The SMILES string of the molecule is N=C/N=C\NP(=O)(n1cncn1)n1cncn1. The summed E-state index contributed by atoms with van der Waals surface area (Å²) >= 11 is 0. The Morgan fingerprint density at radius 2 is 1.82 bits per heavy atom. The molecule has 88 valence electrons. The topological polar surface area (TPSA) is 127 Å². The number of aromatic nitrogens is 6. The van der Waals surface area contributed by atoms with Crippen molar-refractivity contribution in [1.29, 1.82) is 5.41 Å². The molecular weight excluding hydrogens is 245 g/mol. The molecule has 0 aliphatic heterocycles. The second kappa shape index (κ2) is 4.66. The molecule has 0 aromatic carbocycles. The normalized spacial score (nSPS) is 11.8. The molecule has 0 spiro atoms. The van der Waals surface area contributed by atoms with Crippen LogP contribution in [0.15, 0.2) is 30.3 Å². The number of aliphatic imine (C=N–C) groups is 1. The van der Waals surface area contributed by atoms with Crippen LogP contribution in [0, 0.1) is 5.41 Å². The average Bonchev–Trinajstić information content (AvgIpc) is 3.02. The first kappa shape index (κ1) is 11.1. The number of nitrogens with one attached hydrogen (secondary N) is 2. The van der Waals surface area contributed by atoms with Crippen molar-refractivity contribution in [3.8, 4) is 0 Å². The van der Waals surface area contributed by atoms with Gasteiger partial charge in [-0.25, -0.2) is 19.5 Å². The van der Waals surface area contributed by atoms with Crippen LogP contribution in [0.5, 0.6) is 0 Å². The van der Waals surface area contributed by atoms with Gasteiger partial charge in [0.1, 0.15) is 31.6 Å². The third-order valence-electron chi connectivity index (χ3n) is 1.74. The van der Waals surface area contributed by atoms with Crippen molar-refractivity contribution < 1.29 is 4.57 Å². The molecule has 0 unspecified atom stereocenters. The van der Waals surface area contributed by atoms with Crippen molar-refractivity contribution in [1.82, 2.24) is 34.2 Å². The Bertz CT molecular complexity index is 506. The zero-order valence-corrected chi connectivity index (χ0v) is 9.34. The highest BCUT2D eigenvalue weighted by Gasteiger charge is 2.27. The van der Waals surface area contributed by atoms with Gasteiger partial charge < -0.3 is 0 Å². The highest BCUT2D eigenvalue weighted by molar-refractivity contribution is 7.59. The summed E-state index contributed by atoms with van der Waals surface area (Å²) in [4.78, 5) is 10.9. The van der Waals surface area contributed by atoms with Crippen molar-refractivity contribution >= 4 is 20.3 Å². The molecule has 0 bridgehead atoms. The summed E-state index contributed by atoms with van der Waals surface area (Å²) in [5.41, 5.74) is 0. The minimum Gasteiger partial charge on any atom is -0.291 e. The molecule has 11 heteroatoms. The van der Waals surface area contributed by atoms with E-state index in [1.54, 1.807) is 0 Å². The Balaban J connectivity index is 2.40. The van der Waals surface area contributed by atoms with E-state index in [2.05, 4.69) is 30.2 Å². The predicted octanol–water partition coefficient (Wildman–Crippen LogP) is -0.401. The molecule has 0 fully saturated rings. The first-order valence-corrected chi connectivity index (χ1v) is 5.98. The molecule has 2 N–H and O–H groups in total. The molecule has 2 aromatic rings. The van der Waals surface area contributed by atoms with Gasteiger partial charge >= 0.3 is 7.59 Å². The lowest BCUT2D eigenvalue weighted by Gasteiger charge is -2.15. The van der Waals surface area contributed by atoms with E-state index in [4.69, 9.17) is 5.41 Å². The molecule has 10 nitrogen and oxygen atoms in total. The third-order valence-corrected chi connectivity index (χ3v) is 3.72. The largest absolute Gasteiger partial charge is 0.400 e. The fraction of sp³-hybridized carbons (Fsp3) is 0. The molecule has 2 heterocycles. The maximum atomic E-state index is 12.7. The standard InChI is InChI=1S/C6H8N9OP/c7-1-8-4-13-17(16,14-5-9-2-11-14)15-6-10-3-12-15/h1-6H,(H2,7,8,13,16). The Morgan fingerprint density at radius 1 is 1.24 bits per heavy atom. The van der Waals surface area contributed by atoms with Gasteiger partial charge in [0.25, 0.3) is 0 Å². The van der Waals surface area contributed by atoms with Crippen LogP contribution in [0.2, 0.25) is 0 Å². The highest BCUT2D eigenvalue weighted by atomic mass is 31.2. The Kier molecular flexibility index (Phi) is 3.06. The molecule has 0 saturated carbocycles. The number of rotatable bonds is 5. The van der Waals surface area contributed by atoms with Crippen molar-refractivity contribution in [3.05, 3.63) is 25.3 Å². The van der Waals surface area contributed by atoms with E-state index in [0.717, 1.165) is 21.6 Å². The van der Waals surface area contributed by atoms with Crippen LogP contribution < -0.4 is 5.09 Å². The Hall–Kier alpha value is -2.35. The second-order valence-electron chi connectivity index (χ2n) is 2.71. The quantitative estimate of drug-likeness (QED) is 0.424. The van der Waals surface area contributed by atoms with Crippen LogP contribution in [0.25, 0.3) is 0 Å². The molecular formula is C6H8N9OP. The molecule has 0 radical (unpaired) electrons. The first-order valence-electron chi connectivity index (χ1n) is 4.37. The molecule has 0 saturated heterocycles. The van der Waals surface area contributed by atoms with Gasteiger partial charge in [0.15, 0.2) is 0 Å². The summed E-state index contributed by atoms with van der Waals surface area (Å²) in [5, 5.41) is 16.9. The number of hydrogen-bond donors (Lipinski definition) is 2. The van der Waals surface area contributed by atoms with Crippen LogP contribution in [0.3, 0.4) is 0 Å². The minimum atomic E-state index is -3.37. The van der Waals surface area contributed by atoms with E-state index >= 15 is 0 Å². The van der Waals surface area contributed by atoms with E-state index in [-0.39, 0.29) is 0 Å². The van der Waals surface area contributed by atoms with Crippen LogP contribution in [0.1, 0.15) is 0 Å². The maximum Gasteiger partial charge on any atom is 0.400 e. The van der Waals surface area contributed by atoms with Gasteiger partial charge in [-0.15, -0.1) is 0 Å². The Labute approximate surface area is 95.5 Å². The van der Waals surface area contributed by atoms with Crippen LogP contribution >= 0.6 is 7.59 Å². The second-order valence-corrected chi connectivity index (χ2v) is 4.88. The summed E-state index contributed by atoms with van der Waals surface area (Å²) in [6, 6.07) is 0. The zero-order valence-electron chi connectivity index (χ0n) is 8.45. The molecule has 2 aromatic heterocycles. The fourth-order valence-electron chi connectivity index (χ4n) is 1.04. The van der Waals surface area contributed by atoms with Gasteiger partial charge in [0, 0.05) is 0 Å². The number of nitrogens with zero attached hydrogens (tertiary/aromatic N) is 7. The van der Waals surface area contributed by atoms with Crippen LogP contribution in [-0.4, -0.2) is 41.7 Å². The van der Waals surface area contributed by atoms with Gasteiger partial charge in [0.2, 0.25) is 0 Å². The van der Waals surface area contributed by atoms with E-state index in [9.17, 15) is 4.57 Å².